The minimum absolute atomic E-state index is 0.0752. The first kappa shape index (κ1) is 29.1. The maximum atomic E-state index is 11.2. The Morgan fingerprint density at radius 3 is 1.84 bits per heavy atom. The molecule has 0 radical (unpaired) electrons. The van der Waals surface area contributed by atoms with Crippen LogP contribution in [0.4, 0.5) is 11.6 Å². The van der Waals surface area contributed by atoms with Crippen molar-refractivity contribution in [3.05, 3.63) is 119 Å². The number of aromatic nitrogens is 2. The number of benzene rings is 4. The molecule has 0 aliphatic heterocycles. The Kier molecular flexibility index (Phi) is 8.64. The average molecular weight is 584 g/mol. The lowest BCUT2D eigenvalue weighted by molar-refractivity contribution is -0.118. The molecule has 0 saturated heterocycles. The Labute approximate surface area is 253 Å². The van der Waals surface area contributed by atoms with Crippen molar-refractivity contribution in [2.24, 2.45) is 5.73 Å². The van der Waals surface area contributed by atoms with E-state index >= 15 is 0 Å². The number of primary amides is 1. The van der Waals surface area contributed by atoms with Gasteiger partial charge in [-0.2, -0.15) is 10.5 Å². The number of carbonyl (C=O) groups excluding carboxylic acids is 1. The fourth-order valence-electron chi connectivity index (χ4n) is 4.77. The molecule has 44 heavy (non-hydrogen) atoms. The van der Waals surface area contributed by atoms with Crippen LogP contribution in [0, 0.1) is 22.7 Å². The Balaban J connectivity index is 0.000000177. The van der Waals surface area contributed by atoms with Gasteiger partial charge in [-0.3, -0.25) is 4.79 Å². The van der Waals surface area contributed by atoms with Crippen LogP contribution in [-0.4, -0.2) is 15.5 Å². The number of amides is 1. The maximum absolute atomic E-state index is 11.2. The summed E-state index contributed by atoms with van der Waals surface area (Å²) >= 11 is 0. The van der Waals surface area contributed by atoms with Crippen LogP contribution in [0.1, 0.15) is 22.3 Å². The first-order chi connectivity index (χ1) is 21.4. The lowest BCUT2D eigenvalue weighted by Gasteiger charge is -2.07. The van der Waals surface area contributed by atoms with Gasteiger partial charge in [-0.05, 0) is 47.5 Å². The van der Waals surface area contributed by atoms with Gasteiger partial charge in [-0.15, -0.1) is 0 Å². The molecule has 0 atom stereocenters. The second kappa shape index (κ2) is 13.1. The van der Waals surface area contributed by atoms with Crippen molar-refractivity contribution < 1.29 is 14.3 Å². The molecule has 10 nitrogen and oxygen atoms in total. The van der Waals surface area contributed by atoms with Crippen molar-refractivity contribution in [1.82, 2.24) is 9.55 Å². The fourth-order valence-corrected chi connectivity index (χ4v) is 4.77. The zero-order chi connectivity index (χ0) is 31.1. The number of carbonyl (C=O) groups is 1. The standard InChI is InChI=1S/C18H16N4O2.C16H13N3O/c19-9-15-14-8-13(24-11-12-4-2-1-3-5-12)6-7-16(14)22(18(15)21)10-17(20)23;17-9-14-13-8-12(6-7-15(13)19-16(14)18)20-10-11-4-2-1-3-5-11/h1-8H,10-11,21H2,(H2,20,23);1-8,19H,10,18H2. The van der Waals surface area contributed by atoms with E-state index in [4.69, 9.17) is 31.9 Å². The van der Waals surface area contributed by atoms with Crippen molar-refractivity contribution in [2.45, 2.75) is 19.8 Å². The van der Waals surface area contributed by atoms with E-state index in [0.717, 1.165) is 27.8 Å². The summed E-state index contributed by atoms with van der Waals surface area (Å²) in [5, 5.41) is 19.9. The molecule has 10 heteroatoms. The number of fused-ring (bicyclic) bond motifs is 2. The second-order valence-corrected chi connectivity index (χ2v) is 9.88. The molecule has 0 fully saturated rings. The number of nitrogens with one attached hydrogen (secondary N) is 1. The zero-order valence-electron chi connectivity index (χ0n) is 23.7. The van der Waals surface area contributed by atoms with Crippen LogP contribution in [0.25, 0.3) is 21.8 Å². The molecule has 1 amide bonds. The van der Waals surface area contributed by atoms with Crippen molar-refractivity contribution in [3.8, 4) is 23.6 Å². The predicted molar refractivity (Wildman–Crippen MR) is 169 cm³/mol. The van der Waals surface area contributed by atoms with Gasteiger partial charge in [0.05, 0.1) is 5.52 Å². The molecule has 6 rings (SSSR count). The van der Waals surface area contributed by atoms with E-state index in [2.05, 4.69) is 17.1 Å². The molecule has 0 aliphatic rings. The Bertz CT molecular complexity index is 2020. The molecular formula is C34H29N7O3. The number of nitrogens with two attached hydrogens (primary N) is 3. The maximum Gasteiger partial charge on any atom is 0.237 e. The molecule has 0 unspecified atom stereocenters. The van der Waals surface area contributed by atoms with E-state index in [1.165, 1.54) is 4.57 Å². The van der Waals surface area contributed by atoms with Gasteiger partial charge in [-0.1, -0.05) is 60.7 Å². The van der Waals surface area contributed by atoms with Gasteiger partial charge in [0.2, 0.25) is 5.91 Å². The summed E-state index contributed by atoms with van der Waals surface area (Å²) in [6.45, 7) is 0.841. The van der Waals surface area contributed by atoms with Crippen molar-refractivity contribution in [1.29, 1.82) is 10.5 Å². The van der Waals surface area contributed by atoms with Crippen LogP contribution >= 0.6 is 0 Å². The highest BCUT2D eigenvalue weighted by molar-refractivity contribution is 5.94. The van der Waals surface area contributed by atoms with Gasteiger partial charge >= 0.3 is 0 Å². The van der Waals surface area contributed by atoms with Crippen LogP contribution in [0.3, 0.4) is 0 Å². The van der Waals surface area contributed by atoms with Gasteiger partial charge < -0.3 is 36.2 Å². The molecule has 2 heterocycles. The van der Waals surface area contributed by atoms with E-state index in [1.807, 2.05) is 78.9 Å². The topological polar surface area (TPSA) is 182 Å². The van der Waals surface area contributed by atoms with Crippen LogP contribution in [-0.2, 0) is 24.6 Å². The Morgan fingerprint density at radius 1 is 0.750 bits per heavy atom. The molecule has 6 aromatic rings. The van der Waals surface area contributed by atoms with Gasteiger partial charge in [0.25, 0.3) is 0 Å². The third-order valence-electron chi connectivity index (χ3n) is 6.91. The predicted octanol–water partition coefficient (Wildman–Crippen LogP) is 5.36. The summed E-state index contributed by atoms with van der Waals surface area (Å²) in [6.07, 6.45) is 0. The zero-order valence-corrected chi connectivity index (χ0v) is 23.7. The molecular weight excluding hydrogens is 554 g/mol. The van der Waals surface area contributed by atoms with Crippen molar-refractivity contribution in [3.63, 3.8) is 0 Å². The Morgan fingerprint density at radius 2 is 1.30 bits per heavy atom. The van der Waals surface area contributed by atoms with Gasteiger partial charge in [0, 0.05) is 16.3 Å². The number of nitriles is 2. The molecule has 218 valence electrons. The molecule has 0 aliphatic carbocycles. The largest absolute Gasteiger partial charge is 0.489 e. The number of nitrogens with zero attached hydrogens (tertiary/aromatic N) is 3. The van der Waals surface area contributed by atoms with E-state index in [9.17, 15) is 10.1 Å². The van der Waals surface area contributed by atoms with Crippen molar-refractivity contribution in [2.75, 3.05) is 11.5 Å². The lowest BCUT2D eigenvalue weighted by atomic mass is 10.1. The molecule has 0 saturated carbocycles. The van der Waals surface area contributed by atoms with Gasteiger partial charge in [0.1, 0.15) is 66.2 Å². The SMILES string of the molecule is N#Cc1c(N)[nH]c2ccc(OCc3ccccc3)cc12.N#Cc1c(N)n(CC(N)=O)c2ccc(OCc3ccccc3)cc12. The fraction of sp³-hybridized carbons (Fsp3) is 0.0882. The number of rotatable bonds is 8. The minimum atomic E-state index is -0.521. The number of H-pyrrole nitrogens is 1. The molecule has 0 bridgehead atoms. The first-order valence-corrected chi connectivity index (χ1v) is 13.6. The summed E-state index contributed by atoms with van der Waals surface area (Å²) in [5.74, 6) is 1.44. The third-order valence-corrected chi connectivity index (χ3v) is 6.91. The van der Waals surface area contributed by atoms with Crippen LogP contribution in [0.15, 0.2) is 97.1 Å². The summed E-state index contributed by atoms with van der Waals surface area (Å²) < 4.78 is 13.1. The first-order valence-electron chi connectivity index (χ1n) is 13.6. The quantitative estimate of drug-likeness (QED) is 0.186. The molecule has 7 N–H and O–H groups in total. The number of hydrogen-bond acceptors (Lipinski definition) is 7. The average Bonchev–Trinajstić information content (AvgIpc) is 3.50. The number of hydrogen-bond donors (Lipinski definition) is 4. The third kappa shape index (κ3) is 6.40. The van der Waals surface area contributed by atoms with Crippen LogP contribution < -0.4 is 26.7 Å². The van der Waals surface area contributed by atoms with E-state index in [-0.39, 0.29) is 12.4 Å². The lowest BCUT2D eigenvalue weighted by Crippen LogP contribution is -2.19. The number of aromatic amines is 1. The van der Waals surface area contributed by atoms with E-state index in [0.29, 0.717) is 46.8 Å². The summed E-state index contributed by atoms with van der Waals surface area (Å²) in [7, 11) is 0. The monoisotopic (exact) mass is 583 g/mol. The summed E-state index contributed by atoms with van der Waals surface area (Å²) in [6, 6.07) is 34.8. The molecule has 2 aromatic heterocycles. The van der Waals surface area contributed by atoms with E-state index in [1.54, 1.807) is 18.2 Å². The summed E-state index contributed by atoms with van der Waals surface area (Å²) in [5.41, 5.74) is 21.4. The number of anilines is 2. The highest BCUT2D eigenvalue weighted by Gasteiger charge is 2.17. The van der Waals surface area contributed by atoms with Crippen LogP contribution in [0.5, 0.6) is 11.5 Å². The molecule has 0 spiro atoms. The van der Waals surface area contributed by atoms with Crippen LogP contribution in [0.2, 0.25) is 0 Å². The molecule has 4 aromatic carbocycles. The summed E-state index contributed by atoms with van der Waals surface area (Å²) in [4.78, 5) is 14.2. The Hall–Kier alpha value is -6.39. The normalized spacial score (nSPS) is 10.4. The highest BCUT2D eigenvalue weighted by atomic mass is 16.5. The smallest absolute Gasteiger partial charge is 0.237 e. The minimum Gasteiger partial charge on any atom is -0.489 e. The van der Waals surface area contributed by atoms with Crippen molar-refractivity contribution >= 4 is 39.3 Å². The van der Waals surface area contributed by atoms with Gasteiger partial charge in [-0.25, -0.2) is 0 Å². The number of ether oxygens (including phenoxy) is 2. The van der Waals surface area contributed by atoms with E-state index < -0.39 is 5.91 Å². The van der Waals surface area contributed by atoms with Gasteiger partial charge in [0.15, 0.2) is 0 Å². The highest BCUT2D eigenvalue weighted by Crippen LogP contribution is 2.31. The second-order valence-electron chi connectivity index (χ2n) is 9.88. The number of nitrogen functional groups attached to an aromatic ring is 2.